The minimum atomic E-state index is -1.08. The summed E-state index contributed by atoms with van der Waals surface area (Å²) in [5.41, 5.74) is 9.35. The fraction of sp³-hybridized carbons (Fsp3) is 0.473. The van der Waals surface area contributed by atoms with Crippen molar-refractivity contribution >= 4 is 41.8 Å². The Hall–Kier alpha value is -6.24. The van der Waals surface area contributed by atoms with Gasteiger partial charge in [0.2, 0.25) is 0 Å². The van der Waals surface area contributed by atoms with Crippen molar-refractivity contribution < 1.29 is 33.3 Å². The summed E-state index contributed by atoms with van der Waals surface area (Å²) in [7, 11) is 2.70. The monoisotopic (exact) mass is 943 g/mol. The molecule has 0 bridgehead atoms. The SMILES string of the molecule is COC(=O)C[C@H](C(=O)N1CCc2cc(OCc3ccc(C4CCCCC4)c(C#N)c3)ccc21)N(C)C(=O)OC(C)(C)C.Cl.N#Cc1cc(COc2ccc3c(c2)CCN3)ccc1C1CCCCC1. The number of fused-ring (bicyclic) bond motifs is 2. The van der Waals surface area contributed by atoms with Crippen LogP contribution in [0.4, 0.5) is 16.2 Å². The third-order valence-electron chi connectivity index (χ3n) is 13.4. The van der Waals surface area contributed by atoms with E-state index in [1.807, 2.05) is 36.4 Å². The van der Waals surface area contributed by atoms with Crippen LogP contribution in [-0.2, 0) is 45.1 Å². The molecule has 12 nitrogen and oxygen atoms in total. The highest BCUT2D eigenvalue weighted by molar-refractivity contribution is 6.02. The first-order valence-electron chi connectivity index (χ1n) is 24.0. The summed E-state index contributed by atoms with van der Waals surface area (Å²) in [5.74, 6) is 1.60. The number of halogens is 1. The molecule has 2 saturated carbocycles. The average molecular weight is 945 g/mol. The zero-order valence-electron chi connectivity index (χ0n) is 40.2. The molecule has 13 heteroatoms. The number of hydrogen-bond acceptors (Lipinski definition) is 10. The predicted molar refractivity (Wildman–Crippen MR) is 265 cm³/mol. The molecule has 1 atom stereocenters. The Kier molecular flexibility index (Phi) is 17.8. The largest absolute Gasteiger partial charge is 0.489 e. The molecule has 2 heterocycles. The van der Waals surface area contributed by atoms with Crippen LogP contribution >= 0.6 is 12.4 Å². The van der Waals surface area contributed by atoms with Gasteiger partial charge in [-0.15, -0.1) is 12.4 Å². The zero-order chi connectivity index (χ0) is 47.5. The Morgan fingerprint density at radius 3 is 1.82 bits per heavy atom. The standard InChI is InChI=1S/C33H41N3O6.C22H24N2O.ClH/c1-33(2,3)42-32(39)35(4)29(19-30(37)40-5)31(38)36-16-15-24-18-26(12-14-28(24)36)41-21-22-11-13-27(25(17-22)20-34)23-9-7-6-8-10-23;23-14-19-12-16(6-8-21(19)17-4-2-1-3-5-17)15-25-20-7-9-22-18(13-20)10-11-24-22;/h11-14,17-18,23,29H,6-10,15-16,19,21H2,1-5H3;6-9,12-13,17,24H,1-5,10-11,15H2;1H/t29-;;/m1../s1. The maximum absolute atomic E-state index is 13.7. The summed E-state index contributed by atoms with van der Waals surface area (Å²) in [6.07, 6.45) is 13.0. The number of nitrogens with one attached hydrogen (secondary N) is 1. The number of nitrogens with zero attached hydrogens (tertiary/aromatic N) is 4. The molecule has 4 aromatic rings. The van der Waals surface area contributed by atoms with Crippen LogP contribution in [0.15, 0.2) is 72.8 Å². The summed E-state index contributed by atoms with van der Waals surface area (Å²) in [6.45, 7) is 7.46. The van der Waals surface area contributed by atoms with Crippen LogP contribution < -0.4 is 19.7 Å². The van der Waals surface area contributed by atoms with E-state index < -0.39 is 23.7 Å². The van der Waals surface area contributed by atoms with Crippen LogP contribution in [0.25, 0.3) is 0 Å². The van der Waals surface area contributed by atoms with Gasteiger partial charge in [0.1, 0.15) is 36.4 Å². The summed E-state index contributed by atoms with van der Waals surface area (Å²) >= 11 is 0. The molecule has 2 fully saturated rings. The summed E-state index contributed by atoms with van der Waals surface area (Å²) < 4.78 is 22.3. The maximum atomic E-state index is 13.7. The molecule has 0 unspecified atom stereocenters. The average Bonchev–Trinajstić information content (AvgIpc) is 4.01. The van der Waals surface area contributed by atoms with Crippen LogP contribution in [0, 0.1) is 22.7 Å². The highest BCUT2D eigenvalue weighted by atomic mass is 35.5. The smallest absolute Gasteiger partial charge is 0.410 e. The fourth-order valence-electron chi connectivity index (χ4n) is 9.79. The quantitative estimate of drug-likeness (QED) is 0.136. The first-order chi connectivity index (χ1) is 32.3. The first-order valence-corrected chi connectivity index (χ1v) is 24.0. The number of esters is 1. The number of hydrogen-bond donors (Lipinski definition) is 1. The molecule has 4 aliphatic rings. The van der Waals surface area contributed by atoms with E-state index in [1.54, 1.807) is 31.7 Å². The molecular weight excluding hydrogens is 878 g/mol. The van der Waals surface area contributed by atoms with Gasteiger partial charge >= 0.3 is 12.1 Å². The molecular formula is C55H66ClN5O7. The number of anilines is 2. The van der Waals surface area contributed by atoms with Crippen molar-refractivity contribution in [1.82, 2.24) is 4.90 Å². The van der Waals surface area contributed by atoms with Crippen LogP contribution in [0.1, 0.15) is 148 Å². The lowest BCUT2D eigenvalue weighted by Gasteiger charge is -2.32. The van der Waals surface area contributed by atoms with Gasteiger partial charge in [-0.05, 0) is 153 Å². The molecule has 0 aromatic heterocycles. The van der Waals surface area contributed by atoms with Gasteiger partial charge in [-0.25, -0.2) is 4.79 Å². The van der Waals surface area contributed by atoms with Gasteiger partial charge < -0.3 is 29.2 Å². The van der Waals surface area contributed by atoms with Crippen molar-refractivity contribution in [3.8, 4) is 23.6 Å². The van der Waals surface area contributed by atoms with Gasteiger partial charge in [0.25, 0.3) is 5.91 Å². The normalized spacial score (nSPS) is 15.9. The van der Waals surface area contributed by atoms with Gasteiger partial charge in [-0.2, -0.15) is 10.5 Å². The van der Waals surface area contributed by atoms with E-state index in [9.17, 15) is 24.9 Å². The second-order valence-electron chi connectivity index (χ2n) is 19.2. The molecule has 68 heavy (non-hydrogen) atoms. The Bertz CT molecular complexity index is 2500. The highest BCUT2D eigenvalue weighted by Crippen LogP contribution is 2.37. The minimum absolute atomic E-state index is 0. The van der Waals surface area contributed by atoms with E-state index in [4.69, 9.17) is 18.9 Å². The summed E-state index contributed by atoms with van der Waals surface area (Å²) in [4.78, 5) is 41.4. The predicted octanol–water partition coefficient (Wildman–Crippen LogP) is 11.4. The lowest BCUT2D eigenvalue weighted by atomic mass is 9.82. The maximum Gasteiger partial charge on any atom is 0.410 e. The number of benzene rings is 4. The topological polar surface area (TPSA) is 154 Å². The van der Waals surface area contributed by atoms with Crippen molar-refractivity contribution in [2.24, 2.45) is 0 Å². The minimum Gasteiger partial charge on any atom is -0.489 e. The van der Waals surface area contributed by atoms with E-state index in [-0.39, 0.29) is 24.7 Å². The van der Waals surface area contributed by atoms with Gasteiger partial charge in [0.05, 0.1) is 36.8 Å². The van der Waals surface area contributed by atoms with Gasteiger partial charge in [-0.3, -0.25) is 14.5 Å². The summed E-state index contributed by atoms with van der Waals surface area (Å²) in [5, 5.41) is 22.7. The van der Waals surface area contributed by atoms with Crippen LogP contribution in [0.3, 0.4) is 0 Å². The van der Waals surface area contributed by atoms with E-state index in [0.29, 0.717) is 49.5 Å². The lowest BCUT2D eigenvalue weighted by Crippen LogP contribution is -2.51. The third-order valence-corrected chi connectivity index (χ3v) is 13.4. The number of likely N-dealkylation sites (N-methyl/N-ethyl adjacent to an activating group) is 1. The third kappa shape index (κ3) is 13.0. The van der Waals surface area contributed by atoms with E-state index in [0.717, 1.165) is 69.8 Å². The molecule has 4 aromatic carbocycles. The number of nitriles is 2. The molecule has 0 radical (unpaired) electrons. The Morgan fingerprint density at radius 2 is 1.29 bits per heavy atom. The molecule has 360 valence electrons. The molecule has 1 N–H and O–H groups in total. The number of ether oxygens (including phenoxy) is 4. The van der Waals surface area contributed by atoms with E-state index in [1.165, 1.54) is 82.3 Å². The van der Waals surface area contributed by atoms with Crippen LogP contribution in [0.2, 0.25) is 0 Å². The van der Waals surface area contributed by atoms with Crippen molar-refractivity contribution in [2.45, 2.75) is 141 Å². The van der Waals surface area contributed by atoms with Crippen LogP contribution in [0.5, 0.6) is 11.5 Å². The van der Waals surface area contributed by atoms with Crippen molar-refractivity contribution in [3.05, 3.63) is 117 Å². The van der Waals surface area contributed by atoms with Gasteiger partial charge in [0, 0.05) is 31.5 Å². The Morgan fingerprint density at radius 1 is 0.750 bits per heavy atom. The fourth-order valence-corrected chi connectivity index (χ4v) is 9.79. The summed E-state index contributed by atoms with van der Waals surface area (Å²) in [6, 6.07) is 27.8. The van der Waals surface area contributed by atoms with Crippen LogP contribution in [-0.4, -0.2) is 61.8 Å². The number of methoxy groups -OCH3 is 1. The number of rotatable bonds is 12. The van der Waals surface area contributed by atoms with E-state index in [2.05, 4.69) is 47.8 Å². The number of amides is 2. The van der Waals surface area contributed by atoms with Crippen molar-refractivity contribution in [2.75, 3.05) is 37.5 Å². The molecule has 2 aliphatic carbocycles. The van der Waals surface area contributed by atoms with Crippen molar-refractivity contribution in [1.29, 1.82) is 10.5 Å². The zero-order valence-corrected chi connectivity index (χ0v) is 41.1. The molecule has 2 amide bonds. The van der Waals surface area contributed by atoms with E-state index >= 15 is 0 Å². The van der Waals surface area contributed by atoms with Crippen molar-refractivity contribution in [3.63, 3.8) is 0 Å². The Balaban J connectivity index is 0.000000248. The molecule has 0 saturated heterocycles. The second-order valence-corrected chi connectivity index (χ2v) is 19.2. The van der Waals surface area contributed by atoms with Gasteiger partial charge in [-0.1, -0.05) is 62.8 Å². The number of carbonyl (C=O) groups excluding carboxylic acids is 3. The first kappa shape index (κ1) is 51.2. The lowest BCUT2D eigenvalue weighted by molar-refractivity contribution is -0.144. The highest BCUT2D eigenvalue weighted by Gasteiger charge is 2.38. The molecule has 8 rings (SSSR count). The second kappa shape index (κ2) is 23.7. The Labute approximate surface area is 408 Å². The number of carbonyl (C=O) groups is 3. The van der Waals surface area contributed by atoms with Gasteiger partial charge in [0.15, 0.2) is 0 Å². The molecule has 2 aliphatic heterocycles. The molecule has 0 spiro atoms.